The molecule has 0 radical (unpaired) electrons. The van der Waals surface area contributed by atoms with Crippen molar-refractivity contribution in [1.29, 1.82) is 0 Å². The Bertz CT molecular complexity index is 246. The maximum absolute atomic E-state index is 3.34. The van der Waals surface area contributed by atoms with Gasteiger partial charge in [0.25, 0.3) is 0 Å². The second kappa shape index (κ2) is 7.43. The van der Waals surface area contributed by atoms with E-state index in [0.717, 1.165) is 32.6 Å². The summed E-state index contributed by atoms with van der Waals surface area (Å²) in [5.41, 5.74) is 1.42. The van der Waals surface area contributed by atoms with E-state index in [4.69, 9.17) is 0 Å². The number of nitrogens with zero attached hydrogens (tertiary/aromatic N) is 1. The fourth-order valence-corrected chi connectivity index (χ4v) is 1.52. The largest absolute Gasteiger partial charge is 0.316 e. The van der Waals surface area contributed by atoms with Gasteiger partial charge in [0.1, 0.15) is 0 Å². The molecule has 0 saturated heterocycles. The normalized spacial score (nSPS) is 10.9. The van der Waals surface area contributed by atoms with Crippen LogP contribution >= 0.6 is 0 Å². The molecule has 84 valence electrons. The minimum Gasteiger partial charge on any atom is -0.316 e. The van der Waals surface area contributed by atoms with Crippen LogP contribution in [0.1, 0.15) is 12.5 Å². The van der Waals surface area contributed by atoms with Crippen molar-refractivity contribution in [1.82, 2.24) is 10.2 Å². The van der Waals surface area contributed by atoms with Crippen LogP contribution < -0.4 is 5.32 Å². The molecule has 2 heteroatoms. The highest BCUT2D eigenvalue weighted by Crippen LogP contribution is 1.99. The van der Waals surface area contributed by atoms with Crippen LogP contribution in [0.3, 0.4) is 0 Å². The van der Waals surface area contributed by atoms with Crippen LogP contribution in [0, 0.1) is 0 Å². The van der Waals surface area contributed by atoms with Crippen molar-refractivity contribution in [2.45, 2.75) is 13.3 Å². The summed E-state index contributed by atoms with van der Waals surface area (Å²) in [5, 5.41) is 3.34. The van der Waals surface area contributed by atoms with Crippen LogP contribution in [0.25, 0.3) is 0 Å². The minimum atomic E-state index is 1.06. The summed E-state index contributed by atoms with van der Waals surface area (Å²) >= 11 is 0. The smallest absolute Gasteiger partial charge is 0.0104 e. The van der Waals surface area contributed by atoms with Gasteiger partial charge in [-0.2, -0.15) is 0 Å². The maximum Gasteiger partial charge on any atom is 0.0104 e. The van der Waals surface area contributed by atoms with E-state index in [1.807, 2.05) is 0 Å². The Labute approximate surface area is 93.3 Å². The summed E-state index contributed by atoms with van der Waals surface area (Å²) in [5.74, 6) is 0. The molecule has 15 heavy (non-hydrogen) atoms. The fourth-order valence-electron chi connectivity index (χ4n) is 1.52. The topological polar surface area (TPSA) is 15.3 Å². The molecule has 0 fully saturated rings. The van der Waals surface area contributed by atoms with Gasteiger partial charge >= 0.3 is 0 Å². The van der Waals surface area contributed by atoms with Gasteiger partial charge in [-0.3, -0.25) is 0 Å². The minimum absolute atomic E-state index is 1.06. The van der Waals surface area contributed by atoms with Crippen LogP contribution in [0.5, 0.6) is 0 Å². The Balaban J connectivity index is 2.14. The lowest BCUT2D eigenvalue weighted by Gasteiger charge is -2.16. The lowest BCUT2D eigenvalue weighted by atomic mass is 10.1. The van der Waals surface area contributed by atoms with E-state index in [0.29, 0.717) is 0 Å². The summed E-state index contributed by atoms with van der Waals surface area (Å²) in [6, 6.07) is 10.7. The van der Waals surface area contributed by atoms with Gasteiger partial charge in [0.2, 0.25) is 0 Å². The lowest BCUT2D eigenvalue weighted by molar-refractivity contribution is 0.337. The summed E-state index contributed by atoms with van der Waals surface area (Å²) in [6.45, 7) is 6.55. The maximum atomic E-state index is 3.34. The Hall–Kier alpha value is -0.860. The van der Waals surface area contributed by atoms with Crippen molar-refractivity contribution in [2.75, 3.05) is 33.2 Å². The highest BCUT2D eigenvalue weighted by molar-refractivity contribution is 5.14. The van der Waals surface area contributed by atoms with Crippen molar-refractivity contribution in [3.63, 3.8) is 0 Å². The van der Waals surface area contributed by atoms with Gasteiger partial charge in [0.15, 0.2) is 0 Å². The lowest BCUT2D eigenvalue weighted by Crippen LogP contribution is -2.30. The average molecular weight is 206 g/mol. The fraction of sp³-hybridized carbons (Fsp3) is 0.538. The van der Waals surface area contributed by atoms with Gasteiger partial charge < -0.3 is 10.2 Å². The molecule has 0 aliphatic carbocycles. The molecule has 0 aromatic heterocycles. The molecule has 1 aromatic rings. The van der Waals surface area contributed by atoms with Gasteiger partial charge in [-0.25, -0.2) is 0 Å². The molecule has 2 nitrogen and oxygen atoms in total. The van der Waals surface area contributed by atoms with E-state index < -0.39 is 0 Å². The molecule has 1 rings (SSSR count). The number of hydrogen-bond donors (Lipinski definition) is 1. The van der Waals surface area contributed by atoms with Crippen LogP contribution in [0.4, 0.5) is 0 Å². The number of likely N-dealkylation sites (N-methyl/N-ethyl adjacent to an activating group) is 2. The van der Waals surface area contributed by atoms with E-state index in [-0.39, 0.29) is 0 Å². The predicted molar refractivity (Wildman–Crippen MR) is 66.2 cm³/mol. The number of hydrogen-bond acceptors (Lipinski definition) is 2. The molecule has 0 amide bonds. The predicted octanol–water partition coefficient (Wildman–Crippen LogP) is 1.77. The second-order valence-electron chi connectivity index (χ2n) is 3.89. The molecular weight excluding hydrogens is 184 g/mol. The molecule has 0 saturated carbocycles. The molecule has 1 aromatic carbocycles. The van der Waals surface area contributed by atoms with E-state index in [1.165, 1.54) is 5.56 Å². The SMILES string of the molecule is CCNCCN(C)CCc1ccccc1. The zero-order chi connectivity index (χ0) is 10.9. The molecule has 0 heterocycles. The summed E-state index contributed by atoms with van der Waals surface area (Å²) < 4.78 is 0. The third-order valence-electron chi connectivity index (χ3n) is 2.55. The standard InChI is InChI=1S/C13H22N2/c1-3-14-10-12-15(2)11-9-13-7-5-4-6-8-13/h4-8,14H,3,9-12H2,1-2H3. The number of nitrogens with one attached hydrogen (secondary N) is 1. The van der Waals surface area contributed by atoms with E-state index >= 15 is 0 Å². The van der Waals surface area contributed by atoms with E-state index in [2.05, 4.69) is 54.5 Å². The molecule has 0 spiro atoms. The third kappa shape index (κ3) is 5.55. The van der Waals surface area contributed by atoms with Crippen LogP contribution in [-0.4, -0.2) is 38.1 Å². The van der Waals surface area contributed by atoms with Gasteiger partial charge in [-0.1, -0.05) is 37.3 Å². The summed E-state index contributed by atoms with van der Waals surface area (Å²) in [7, 11) is 2.18. The monoisotopic (exact) mass is 206 g/mol. The Morgan fingerprint density at radius 2 is 1.87 bits per heavy atom. The van der Waals surface area contributed by atoms with Gasteiger partial charge in [0, 0.05) is 19.6 Å². The Morgan fingerprint density at radius 1 is 1.13 bits per heavy atom. The Morgan fingerprint density at radius 3 is 2.53 bits per heavy atom. The zero-order valence-electron chi connectivity index (χ0n) is 9.87. The zero-order valence-corrected chi connectivity index (χ0v) is 9.87. The Kier molecular flexibility index (Phi) is 6.05. The second-order valence-corrected chi connectivity index (χ2v) is 3.89. The highest BCUT2D eigenvalue weighted by Gasteiger charge is 1.98. The van der Waals surface area contributed by atoms with Crippen molar-refractivity contribution in [3.05, 3.63) is 35.9 Å². The van der Waals surface area contributed by atoms with Gasteiger partial charge in [-0.05, 0) is 25.6 Å². The van der Waals surface area contributed by atoms with Crippen LogP contribution in [0.15, 0.2) is 30.3 Å². The first-order chi connectivity index (χ1) is 7.33. The molecule has 0 atom stereocenters. The first-order valence-corrected chi connectivity index (χ1v) is 5.76. The van der Waals surface area contributed by atoms with Crippen LogP contribution in [0.2, 0.25) is 0 Å². The quantitative estimate of drug-likeness (QED) is 0.684. The first kappa shape index (κ1) is 12.2. The van der Waals surface area contributed by atoms with Crippen molar-refractivity contribution in [2.24, 2.45) is 0 Å². The number of rotatable bonds is 7. The average Bonchev–Trinajstić information content (AvgIpc) is 2.28. The van der Waals surface area contributed by atoms with Crippen molar-refractivity contribution < 1.29 is 0 Å². The molecule has 1 N–H and O–H groups in total. The van der Waals surface area contributed by atoms with Crippen LogP contribution in [-0.2, 0) is 6.42 Å². The van der Waals surface area contributed by atoms with E-state index in [1.54, 1.807) is 0 Å². The summed E-state index contributed by atoms with van der Waals surface area (Å²) in [4.78, 5) is 2.37. The van der Waals surface area contributed by atoms with E-state index in [9.17, 15) is 0 Å². The molecule has 0 unspecified atom stereocenters. The molecule has 0 aliphatic rings. The summed E-state index contributed by atoms with van der Waals surface area (Å²) in [6.07, 6.45) is 1.14. The third-order valence-corrected chi connectivity index (χ3v) is 2.55. The highest BCUT2D eigenvalue weighted by atomic mass is 15.1. The van der Waals surface area contributed by atoms with Gasteiger partial charge in [0.05, 0.1) is 0 Å². The number of benzene rings is 1. The van der Waals surface area contributed by atoms with Crippen molar-refractivity contribution in [3.8, 4) is 0 Å². The molecular formula is C13H22N2. The van der Waals surface area contributed by atoms with Crippen molar-refractivity contribution >= 4 is 0 Å². The molecule has 0 aliphatic heterocycles. The first-order valence-electron chi connectivity index (χ1n) is 5.76. The van der Waals surface area contributed by atoms with Gasteiger partial charge in [-0.15, -0.1) is 0 Å². The molecule has 0 bridgehead atoms.